The van der Waals surface area contributed by atoms with Crippen molar-refractivity contribution in [3.05, 3.63) is 79.6 Å². The van der Waals surface area contributed by atoms with E-state index in [0.717, 1.165) is 28.0 Å². The van der Waals surface area contributed by atoms with Crippen molar-refractivity contribution in [3.8, 4) is 5.69 Å². The highest BCUT2D eigenvalue weighted by molar-refractivity contribution is 5.85. The highest BCUT2D eigenvalue weighted by Gasteiger charge is 2.12. The molecule has 2 aromatic heterocycles. The normalized spacial score (nSPS) is 11.8. The standard InChI is InChI=1S/C22H23N5O2/c1-13-6-8-17(10-14(13)2)27-21(28)18(15(3)24-27)12-23-16-7-9-19-20(11-16)26(5)22(29)25(19)4/h6-12,24H,1-5H3. The van der Waals surface area contributed by atoms with E-state index in [9.17, 15) is 9.59 Å². The first-order valence-corrected chi connectivity index (χ1v) is 9.36. The van der Waals surface area contributed by atoms with Crippen molar-refractivity contribution in [1.29, 1.82) is 0 Å². The number of H-pyrrole nitrogens is 1. The van der Waals surface area contributed by atoms with Crippen molar-refractivity contribution in [2.75, 3.05) is 0 Å². The van der Waals surface area contributed by atoms with Crippen molar-refractivity contribution in [2.24, 2.45) is 19.1 Å². The minimum atomic E-state index is -0.150. The average molecular weight is 389 g/mol. The summed E-state index contributed by atoms with van der Waals surface area (Å²) in [5.41, 5.74) is 6.42. The molecule has 4 aromatic rings. The second-order valence-electron chi connectivity index (χ2n) is 7.39. The van der Waals surface area contributed by atoms with Crippen LogP contribution in [0.15, 0.2) is 51.0 Å². The molecule has 0 saturated carbocycles. The van der Waals surface area contributed by atoms with Gasteiger partial charge < -0.3 is 0 Å². The van der Waals surface area contributed by atoms with Gasteiger partial charge in [0.1, 0.15) is 0 Å². The van der Waals surface area contributed by atoms with Crippen LogP contribution >= 0.6 is 0 Å². The second-order valence-corrected chi connectivity index (χ2v) is 7.39. The van der Waals surface area contributed by atoms with Crippen molar-refractivity contribution in [3.63, 3.8) is 0 Å². The Kier molecular flexibility index (Phi) is 4.38. The highest BCUT2D eigenvalue weighted by Crippen LogP contribution is 2.20. The Hall–Kier alpha value is -3.61. The van der Waals surface area contributed by atoms with Crippen molar-refractivity contribution >= 4 is 22.9 Å². The molecule has 148 valence electrons. The summed E-state index contributed by atoms with van der Waals surface area (Å²) >= 11 is 0. The summed E-state index contributed by atoms with van der Waals surface area (Å²) in [6, 6.07) is 11.4. The maximum absolute atomic E-state index is 12.9. The highest BCUT2D eigenvalue weighted by atomic mass is 16.1. The van der Waals surface area contributed by atoms with Gasteiger partial charge in [0.25, 0.3) is 5.56 Å². The molecule has 7 heteroatoms. The summed E-state index contributed by atoms with van der Waals surface area (Å²) in [6.45, 7) is 5.92. The predicted octanol–water partition coefficient (Wildman–Crippen LogP) is 3.03. The number of imidazole rings is 1. The lowest BCUT2D eigenvalue weighted by molar-refractivity contribution is 0.795. The zero-order chi connectivity index (χ0) is 20.9. The number of nitrogens with zero attached hydrogens (tertiary/aromatic N) is 4. The molecule has 0 aliphatic rings. The van der Waals surface area contributed by atoms with Crippen LogP contribution in [0.4, 0.5) is 5.69 Å². The first kappa shape index (κ1) is 18.7. The molecular weight excluding hydrogens is 366 g/mol. The van der Waals surface area contributed by atoms with Crippen LogP contribution in [0.25, 0.3) is 16.7 Å². The molecular formula is C22H23N5O2. The van der Waals surface area contributed by atoms with Gasteiger partial charge in [0.2, 0.25) is 0 Å². The van der Waals surface area contributed by atoms with Crippen LogP contribution in [-0.2, 0) is 14.1 Å². The molecule has 0 saturated heterocycles. The van der Waals surface area contributed by atoms with E-state index < -0.39 is 0 Å². The van der Waals surface area contributed by atoms with E-state index in [0.29, 0.717) is 11.3 Å². The zero-order valence-electron chi connectivity index (χ0n) is 17.1. The van der Waals surface area contributed by atoms with Crippen LogP contribution < -0.4 is 11.2 Å². The van der Waals surface area contributed by atoms with Crippen LogP contribution in [-0.4, -0.2) is 25.1 Å². The van der Waals surface area contributed by atoms with Crippen molar-refractivity contribution in [1.82, 2.24) is 18.9 Å². The third kappa shape index (κ3) is 3.04. The fraction of sp³-hybridized carbons (Fsp3) is 0.227. The first-order chi connectivity index (χ1) is 13.8. The SMILES string of the molecule is Cc1ccc(-n2[nH]c(C)c(C=Nc3ccc4c(c3)n(C)c(=O)n4C)c2=O)cc1C. The maximum Gasteiger partial charge on any atom is 0.328 e. The lowest BCUT2D eigenvalue weighted by Gasteiger charge is -2.05. The van der Waals surface area contributed by atoms with Gasteiger partial charge in [-0.1, -0.05) is 6.07 Å². The van der Waals surface area contributed by atoms with Crippen LogP contribution in [0.3, 0.4) is 0 Å². The number of aliphatic imine (C=N–C) groups is 1. The molecule has 0 fully saturated rings. The molecule has 2 aromatic carbocycles. The van der Waals surface area contributed by atoms with E-state index in [-0.39, 0.29) is 11.2 Å². The molecule has 0 aliphatic heterocycles. The Morgan fingerprint density at radius 2 is 1.62 bits per heavy atom. The largest absolute Gasteiger partial charge is 0.328 e. The molecule has 7 nitrogen and oxygen atoms in total. The van der Waals surface area contributed by atoms with Crippen molar-refractivity contribution < 1.29 is 0 Å². The minimum Gasteiger partial charge on any atom is -0.295 e. The van der Waals surface area contributed by atoms with E-state index in [1.165, 1.54) is 10.2 Å². The Balaban J connectivity index is 1.74. The van der Waals surface area contributed by atoms with Gasteiger partial charge in [-0.15, -0.1) is 0 Å². The number of fused-ring (bicyclic) bond motifs is 1. The minimum absolute atomic E-state index is 0.0844. The summed E-state index contributed by atoms with van der Waals surface area (Å²) < 4.78 is 4.72. The van der Waals surface area contributed by atoms with Crippen molar-refractivity contribution in [2.45, 2.75) is 20.8 Å². The van der Waals surface area contributed by atoms with Gasteiger partial charge in [-0.25, -0.2) is 9.48 Å². The third-order valence-electron chi connectivity index (χ3n) is 5.46. The number of aromatic nitrogens is 4. The molecule has 4 rings (SSSR count). The number of hydrogen-bond acceptors (Lipinski definition) is 3. The Bertz CT molecular complexity index is 1400. The quantitative estimate of drug-likeness (QED) is 0.547. The number of aromatic amines is 1. The van der Waals surface area contributed by atoms with Crippen LogP contribution in [0.1, 0.15) is 22.4 Å². The van der Waals surface area contributed by atoms with E-state index >= 15 is 0 Å². The van der Waals surface area contributed by atoms with E-state index in [1.54, 1.807) is 29.4 Å². The molecule has 0 spiro atoms. The fourth-order valence-electron chi connectivity index (χ4n) is 3.47. The van der Waals surface area contributed by atoms with Gasteiger partial charge in [0.05, 0.1) is 28.0 Å². The number of rotatable bonds is 3. The van der Waals surface area contributed by atoms with Gasteiger partial charge in [-0.2, -0.15) is 0 Å². The lowest BCUT2D eigenvalue weighted by atomic mass is 10.1. The van der Waals surface area contributed by atoms with Gasteiger partial charge in [0, 0.05) is 26.0 Å². The second kappa shape index (κ2) is 6.77. The topological polar surface area (TPSA) is 77.1 Å². The van der Waals surface area contributed by atoms with Crippen LogP contribution in [0.2, 0.25) is 0 Å². The monoisotopic (exact) mass is 389 g/mol. The Morgan fingerprint density at radius 3 is 2.34 bits per heavy atom. The summed E-state index contributed by atoms with van der Waals surface area (Å²) in [6.07, 6.45) is 1.58. The van der Waals surface area contributed by atoms with Gasteiger partial charge in [-0.3, -0.25) is 24.0 Å². The molecule has 0 unspecified atom stereocenters. The number of nitrogens with one attached hydrogen (secondary N) is 1. The third-order valence-corrected chi connectivity index (χ3v) is 5.46. The lowest BCUT2D eigenvalue weighted by Crippen LogP contribution is -2.19. The van der Waals surface area contributed by atoms with Gasteiger partial charge >= 0.3 is 5.69 Å². The number of hydrogen-bond donors (Lipinski definition) is 1. The molecule has 29 heavy (non-hydrogen) atoms. The smallest absolute Gasteiger partial charge is 0.295 e. The van der Waals surface area contributed by atoms with E-state index in [1.807, 2.05) is 57.2 Å². The molecule has 0 radical (unpaired) electrons. The molecule has 0 bridgehead atoms. The number of benzene rings is 2. The zero-order valence-corrected chi connectivity index (χ0v) is 17.1. The molecule has 0 amide bonds. The summed E-state index contributed by atoms with van der Waals surface area (Å²) in [5, 5.41) is 3.13. The predicted molar refractivity (Wildman–Crippen MR) is 116 cm³/mol. The number of aryl methyl sites for hydroxylation is 5. The van der Waals surface area contributed by atoms with E-state index in [2.05, 4.69) is 10.1 Å². The average Bonchev–Trinajstić information content (AvgIpc) is 3.10. The Labute approximate surface area is 167 Å². The summed E-state index contributed by atoms with van der Waals surface area (Å²) in [5.74, 6) is 0. The van der Waals surface area contributed by atoms with E-state index in [4.69, 9.17) is 0 Å². The fourth-order valence-corrected chi connectivity index (χ4v) is 3.47. The van der Waals surface area contributed by atoms with Gasteiger partial charge in [-0.05, 0) is 62.2 Å². The van der Waals surface area contributed by atoms with Gasteiger partial charge in [0.15, 0.2) is 0 Å². The first-order valence-electron chi connectivity index (χ1n) is 9.36. The Morgan fingerprint density at radius 1 is 0.897 bits per heavy atom. The van der Waals surface area contributed by atoms with Crippen LogP contribution in [0, 0.1) is 20.8 Å². The molecule has 2 heterocycles. The van der Waals surface area contributed by atoms with Crippen LogP contribution in [0.5, 0.6) is 0 Å². The summed E-state index contributed by atoms with van der Waals surface area (Å²) in [4.78, 5) is 29.5. The maximum atomic E-state index is 12.9. The molecule has 1 N–H and O–H groups in total. The molecule has 0 atom stereocenters. The molecule has 0 aliphatic carbocycles. The summed E-state index contributed by atoms with van der Waals surface area (Å²) in [7, 11) is 3.47.